The van der Waals surface area contributed by atoms with Crippen LogP contribution in [0.3, 0.4) is 0 Å². The Morgan fingerprint density at radius 2 is 1.94 bits per heavy atom. The summed E-state index contributed by atoms with van der Waals surface area (Å²) >= 11 is 0. The third-order valence-corrected chi connectivity index (χ3v) is 3.10. The summed E-state index contributed by atoms with van der Waals surface area (Å²) in [6, 6.07) is -0.108. The van der Waals surface area contributed by atoms with Crippen LogP contribution in [0.2, 0.25) is 0 Å². The largest absolute Gasteiger partial charge is 0.394 e. The van der Waals surface area contributed by atoms with E-state index >= 15 is 0 Å². The van der Waals surface area contributed by atoms with Crippen molar-refractivity contribution in [2.75, 3.05) is 6.61 Å². The Bertz CT molecular complexity index is 192. The number of carbonyl (C=O) groups is 1. The summed E-state index contributed by atoms with van der Waals surface area (Å²) in [5, 5.41) is 12.1. The van der Waals surface area contributed by atoms with E-state index in [0.717, 1.165) is 25.7 Å². The van der Waals surface area contributed by atoms with Crippen molar-refractivity contribution in [3.05, 3.63) is 0 Å². The van der Waals surface area contributed by atoms with Gasteiger partial charge in [-0.05, 0) is 18.8 Å². The Morgan fingerprint density at radius 1 is 1.31 bits per heavy atom. The molecular formula is C13H27NO2. The molecule has 0 saturated carbocycles. The molecule has 0 fully saturated rings. The number of unbranched alkanes of at least 4 members (excludes halogenated alkanes) is 1. The van der Waals surface area contributed by atoms with Crippen LogP contribution in [0.4, 0.5) is 0 Å². The van der Waals surface area contributed by atoms with Crippen LogP contribution in [0.25, 0.3) is 0 Å². The van der Waals surface area contributed by atoms with Gasteiger partial charge in [-0.3, -0.25) is 4.79 Å². The van der Waals surface area contributed by atoms with Crippen LogP contribution in [0, 0.1) is 11.8 Å². The molecule has 0 aromatic rings. The first-order valence-electron chi connectivity index (χ1n) is 6.47. The second-order valence-electron chi connectivity index (χ2n) is 4.79. The van der Waals surface area contributed by atoms with Gasteiger partial charge in [0.15, 0.2) is 0 Å². The van der Waals surface area contributed by atoms with Crippen LogP contribution in [0.5, 0.6) is 0 Å². The molecule has 2 N–H and O–H groups in total. The average Bonchev–Trinajstić information content (AvgIpc) is 2.26. The number of aliphatic hydroxyl groups excluding tert-OH is 1. The van der Waals surface area contributed by atoms with Crippen LogP contribution in [-0.2, 0) is 4.79 Å². The van der Waals surface area contributed by atoms with Crippen LogP contribution in [-0.4, -0.2) is 23.7 Å². The third kappa shape index (κ3) is 5.50. The molecule has 2 atom stereocenters. The maximum Gasteiger partial charge on any atom is 0.223 e. The molecule has 0 rings (SSSR count). The molecule has 0 aromatic carbocycles. The van der Waals surface area contributed by atoms with Crippen LogP contribution < -0.4 is 5.32 Å². The summed E-state index contributed by atoms with van der Waals surface area (Å²) in [6.45, 7) is 8.22. The number of rotatable bonds is 8. The third-order valence-electron chi connectivity index (χ3n) is 3.10. The van der Waals surface area contributed by atoms with Gasteiger partial charge in [0.1, 0.15) is 0 Å². The average molecular weight is 229 g/mol. The van der Waals surface area contributed by atoms with Crippen molar-refractivity contribution in [1.29, 1.82) is 0 Å². The quantitative estimate of drug-likeness (QED) is 0.671. The summed E-state index contributed by atoms with van der Waals surface area (Å²) in [6.07, 6.45) is 4.05. The molecule has 0 radical (unpaired) electrons. The Kier molecular flexibility index (Phi) is 8.26. The molecule has 0 aliphatic rings. The summed E-state index contributed by atoms with van der Waals surface area (Å²) in [5.41, 5.74) is 0. The van der Waals surface area contributed by atoms with E-state index in [9.17, 15) is 4.79 Å². The van der Waals surface area contributed by atoms with Gasteiger partial charge in [0.25, 0.3) is 0 Å². The fraction of sp³-hybridized carbons (Fsp3) is 0.923. The lowest BCUT2D eigenvalue weighted by Gasteiger charge is -2.23. The van der Waals surface area contributed by atoms with Crippen molar-refractivity contribution in [3.8, 4) is 0 Å². The molecular weight excluding hydrogens is 202 g/mol. The van der Waals surface area contributed by atoms with Crippen LogP contribution in [0.15, 0.2) is 0 Å². The van der Waals surface area contributed by atoms with Crippen molar-refractivity contribution < 1.29 is 9.90 Å². The second-order valence-corrected chi connectivity index (χ2v) is 4.79. The molecule has 0 aliphatic heterocycles. The van der Waals surface area contributed by atoms with Crippen molar-refractivity contribution in [1.82, 2.24) is 5.32 Å². The fourth-order valence-electron chi connectivity index (χ4n) is 1.69. The van der Waals surface area contributed by atoms with Gasteiger partial charge in [-0.15, -0.1) is 0 Å². The molecule has 0 spiro atoms. The molecule has 1 unspecified atom stereocenters. The van der Waals surface area contributed by atoms with Crippen molar-refractivity contribution in [3.63, 3.8) is 0 Å². The van der Waals surface area contributed by atoms with Crippen LogP contribution in [0.1, 0.15) is 53.4 Å². The van der Waals surface area contributed by atoms with E-state index in [0.29, 0.717) is 0 Å². The van der Waals surface area contributed by atoms with E-state index in [1.165, 1.54) is 0 Å². The maximum atomic E-state index is 11.9. The molecule has 0 aromatic heterocycles. The van der Waals surface area contributed by atoms with Gasteiger partial charge >= 0.3 is 0 Å². The summed E-state index contributed by atoms with van der Waals surface area (Å²) in [5.74, 6) is 0.481. The first-order valence-corrected chi connectivity index (χ1v) is 6.47. The standard InChI is InChI=1S/C13H27NO2/c1-5-7-8-11(6-2)13(16)14-12(9-15)10(3)4/h10-12,15H,5-9H2,1-4H3,(H,14,16)/t11?,12-/m1/s1. The van der Waals surface area contributed by atoms with E-state index < -0.39 is 0 Å². The number of carbonyl (C=O) groups excluding carboxylic acids is 1. The van der Waals surface area contributed by atoms with Crippen molar-refractivity contribution in [2.24, 2.45) is 11.8 Å². The van der Waals surface area contributed by atoms with Gasteiger partial charge < -0.3 is 10.4 Å². The second kappa shape index (κ2) is 8.57. The Morgan fingerprint density at radius 3 is 2.31 bits per heavy atom. The monoisotopic (exact) mass is 229 g/mol. The molecule has 0 aliphatic carbocycles. The van der Waals surface area contributed by atoms with E-state index in [4.69, 9.17) is 5.11 Å². The lowest BCUT2D eigenvalue weighted by molar-refractivity contribution is -0.126. The van der Waals surface area contributed by atoms with Gasteiger partial charge in [-0.1, -0.05) is 40.5 Å². The van der Waals surface area contributed by atoms with Crippen molar-refractivity contribution >= 4 is 5.91 Å². The molecule has 1 amide bonds. The van der Waals surface area contributed by atoms with Gasteiger partial charge in [0, 0.05) is 5.92 Å². The maximum absolute atomic E-state index is 11.9. The first-order chi connectivity index (χ1) is 7.56. The summed E-state index contributed by atoms with van der Waals surface area (Å²) in [7, 11) is 0. The molecule has 0 bridgehead atoms. The molecule has 96 valence electrons. The van der Waals surface area contributed by atoms with Gasteiger partial charge in [-0.25, -0.2) is 0 Å². The SMILES string of the molecule is CCCCC(CC)C(=O)N[C@H](CO)C(C)C. The van der Waals surface area contributed by atoms with Gasteiger partial charge in [0.2, 0.25) is 5.91 Å². The zero-order valence-electron chi connectivity index (χ0n) is 11.1. The van der Waals surface area contributed by atoms with Crippen molar-refractivity contribution in [2.45, 2.75) is 59.4 Å². The zero-order chi connectivity index (χ0) is 12.6. The van der Waals surface area contributed by atoms with E-state index in [2.05, 4.69) is 12.2 Å². The highest BCUT2D eigenvalue weighted by molar-refractivity contribution is 5.78. The van der Waals surface area contributed by atoms with E-state index in [1.807, 2.05) is 20.8 Å². The minimum absolute atomic E-state index is 0.0214. The Labute approximate surface area is 99.6 Å². The van der Waals surface area contributed by atoms with Crippen LogP contribution >= 0.6 is 0 Å². The number of amides is 1. The molecule has 0 heterocycles. The lowest BCUT2D eigenvalue weighted by Crippen LogP contribution is -2.43. The minimum atomic E-state index is -0.108. The zero-order valence-corrected chi connectivity index (χ0v) is 11.1. The fourth-order valence-corrected chi connectivity index (χ4v) is 1.69. The number of aliphatic hydroxyl groups is 1. The summed E-state index contributed by atoms with van der Waals surface area (Å²) in [4.78, 5) is 11.9. The highest BCUT2D eigenvalue weighted by atomic mass is 16.3. The predicted molar refractivity (Wildman–Crippen MR) is 67.2 cm³/mol. The van der Waals surface area contributed by atoms with Gasteiger partial charge in [-0.2, -0.15) is 0 Å². The minimum Gasteiger partial charge on any atom is -0.394 e. The normalized spacial score (nSPS) is 14.9. The topological polar surface area (TPSA) is 49.3 Å². The van der Waals surface area contributed by atoms with E-state index in [-0.39, 0.29) is 30.4 Å². The lowest BCUT2D eigenvalue weighted by atomic mass is 9.97. The highest BCUT2D eigenvalue weighted by Gasteiger charge is 2.20. The number of hydrogen-bond donors (Lipinski definition) is 2. The Balaban J connectivity index is 4.17. The number of nitrogens with one attached hydrogen (secondary N) is 1. The molecule has 16 heavy (non-hydrogen) atoms. The first kappa shape index (κ1) is 15.4. The smallest absolute Gasteiger partial charge is 0.223 e. The number of hydrogen-bond acceptors (Lipinski definition) is 2. The Hall–Kier alpha value is -0.570. The predicted octanol–water partition coefficient (Wildman–Crippen LogP) is 2.34. The highest BCUT2D eigenvalue weighted by Crippen LogP contribution is 2.13. The summed E-state index contributed by atoms with van der Waals surface area (Å²) < 4.78 is 0. The van der Waals surface area contributed by atoms with E-state index in [1.54, 1.807) is 0 Å². The molecule has 3 nitrogen and oxygen atoms in total. The van der Waals surface area contributed by atoms with Gasteiger partial charge in [0.05, 0.1) is 12.6 Å². The molecule has 0 saturated heterocycles. The molecule has 3 heteroatoms.